The second kappa shape index (κ2) is 12.8. The maximum atomic E-state index is 12.5. The van der Waals surface area contributed by atoms with Crippen molar-refractivity contribution < 1.29 is 23.5 Å². The molecule has 0 unspecified atom stereocenters. The Labute approximate surface area is 231 Å². The predicted octanol–water partition coefficient (Wildman–Crippen LogP) is 6.17. The molecule has 0 aliphatic rings. The largest absolute Gasteiger partial charge is 0.493 e. The molecule has 4 aromatic rings. The average molecular weight is 560 g/mol. The lowest BCUT2D eigenvalue weighted by Crippen LogP contribution is -2.19. The fourth-order valence-corrected chi connectivity index (χ4v) is 4.27. The van der Waals surface area contributed by atoms with Gasteiger partial charge in [-0.25, -0.2) is 14.8 Å². The van der Waals surface area contributed by atoms with Crippen LogP contribution >= 0.6 is 24.2 Å². The number of nitrogens with zero attached hydrogens (tertiary/aromatic N) is 3. The number of hydrogen-bond donors (Lipinski definition) is 2. The van der Waals surface area contributed by atoms with Crippen molar-refractivity contribution in [3.05, 3.63) is 54.6 Å². The van der Waals surface area contributed by atoms with Crippen LogP contribution in [0.4, 0.5) is 16.3 Å². The number of rotatable bonds is 9. The summed E-state index contributed by atoms with van der Waals surface area (Å²) in [7, 11) is 3.21. The Morgan fingerprint density at radius 2 is 1.84 bits per heavy atom. The number of anilines is 2. The van der Waals surface area contributed by atoms with Crippen LogP contribution in [-0.4, -0.2) is 48.6 Å². The van der Waals surface area contributed by atoms with Crippen molar-refractivity contribution in [2.24, 2.45) is 0 Å². The zero-order valence-electron chi connectivity index (χ0n) is 21.7. The monoisotopic (exact) mass is 559 g/mol. The molecule has 0 saturated carbocycles. The molecule has 12 heteroatoms. The number of amides is 2. The van der Waals surface area contributed by atoms with Gasteiger partial charge in [0, 0.05) is 40.6 Å². The topological polar surface area (TPSA) is 121 Å². The molecule has 2 aromatic carbocycles. The van der Waals surface area contributed by atoms with Crippen molar-refractivity contribution in [1.82, 2.24) is 15.1 Å². The van der Waals surface area contributed by atoms with Gasteiger partial charge in [-0.1, -0.05) is 43.8 Å². The second-order valence-corrected chi connectivity index (χ2v) is 10.1. The number of halogens is 1. The Bertz CT molecular complexity index is 1390. The highest BCUT2D eigenvalue weighted by Crippen LogP contribution is 2.37. The van der Waals surface area contributed by atoms with Gasteiger partial charge in [-0.05, 0) is 24.3 Å². The maximum absolute atomic E-state index is 12.5. The molecular formula is C26H30ClN5O5S. The van der Waals surface area contributed by atoms with Crippen molar-refractivity contribution >= 4 is 52.6 Å². The van der Waals surface area contributed by atoms with Crippen molar-refractivity contribution in [2.75, 3.05) is 38.1 Å². The molecule has 2 N–H and O–H groups in total. The van der Waals surface area contributed by atoms with Gasteiger partial charge in [-0.3, -0.25) is 5.32 Å². The van der Waals surface area contributed by atoms with Gasteiger partial charge in [-0.15, -0.1) is 12.4 Å². The number of ether oxygens (including phenoxy) is 3. The maximum Gasteiger partial charge on any atom is 0.324 e. The number of carbonyl (C=O) groups is 1. The zero-order valence-corrected chi connectivity index (χ0v) is 23.4. The molecule has 10 nitrogen and oxygen atoms in total. The van der Waals surface area contributed by atoms with E-state index in [1.807, 2.05) is 51.1 Å². The minimum atomic E-state index is -0.422. The molecule has 0 atom stereocenters. The third-order valence-electron chi connectivity index (χ3n) is 5.23. The Morgan fingerprint density at radius 1 is 1.03 bits per heavy atom. The van der Waals surface area contributed by atoms with E-state index >= 15 is 0 Å². The fourth-order valence-electron chi connectivity index (χ4n) is 3.34. The first-order chi connectivity index (χ1) is 17.8. The molecule has 0 aliphatic heterocycles. The number of fused-ring (bicyclic) bond motifs is 1. The molecule has 0 spiro atoms. The summed E-state index contributed by atoms with van der Waals surface area (Å²) in [6.45, 7) is 6.88. The van der Waals surface area contributed by atoms with E-state index < -0.39 is 6.03 Å². The SMILES string of the molecule is COCCOc1cc2ncnc(Sc3cccc(NC(=O)Nc4cc(C(C)(C)C)on4)c3)c2cc1OC.Cl. The van der Waals surface area contributed by atoms with Gasteiger partial charge in [0.1, 0.15) is 23.7 Å². The van der Waals surface area contributed by atoms with Crippen molar-refractivity contribution in [3.8, 4) is 11.5 Å². The first-order valence-corrected chi connectivity index (χ1v) is 12.4. The Balaban J connectivity index is 0.00000400. The van der Waals surface area contributed by atoms with Crippen LogP contribution in [0.2, 0.25) is 0 Å². The molecule has 0 aliphatic carbocycles. The summed E-state index contributed by atoms with van der Waals surface area (Å²) in [5.74, 6) is 2.19. The quantitative estimate of drug-likeness (QED) is 0.183. The van der Waals surface area contributed by atoms with E-state index in [-0.39, 0.29) is 17.8 Å². The number of urea groups is 1. The van der Waals surface area contributed by atoms with Crippen molar-refractivity contribution in [3.63, 3.8) is 0 Å². The molecule has 2 aromatic heterocycles. The summed E-state index contributed by atoms with van der Waals surface area (Å²) in [6.07, 6.45) is 1.51. The van der Waals surface area contributed by atoms with Crippen LogP contribution < -0.4 is 20.1 Å². The van der Waals surface area contributed by atoms with Crippen molar-refractivity contribution in [2.45, 2.75) is 36.1 Å². The number of benzene rings is 2. The van der Waals surface area contributed by atoms with E-state index in [9.17, 15) is 4.79 Å². The van der Waals surface area contributed by atoms with E-state index in [1.165, 1.54) is 18.1 Å². The summed E-state index contributed by atoms with van der Waals surface area (Å²) < 4.78 is 21.7. The molecule has 4 rings (SSSR count). The summed E-state index contributed by atoms with van der Waals surface area (Å²) in [6, 6.07) is 12.4. The average Bonchev–Trinajstić information content (AvgIpc) is 3.33. The van der Waals surface area contributed by atoms with Gasteiger partial charge in [0.25, 0.3) is 0 Å². The van der Waals surface area contributed by atoms with Crippen LogP contribution in [0.5, 0.6) is 11.5 Å². The molecule has 0 saturated heterocycles. The number of hydrogen-bond acceptors (Lipinski definition) is 9. The Hall–Kier alpha value is -3.54. The van der Waals surface area contributed by atoms with Crippen LogP contribution in [0.25, 0.3) is 10.9 Å². The summed E-state index contributed by atoms with van der Waals surface area (Å²) >= 11 is 1.45. The van der Waals surface area contributed by atoms with Gasteiger partial charge in [-0.2, -0.15) is 0 Å². The van der Waals surface area contributed by atoms with Gasteiger partial charge in [0.05, 0.1) is 19.2 Å². The summed E-state index contributed by atoms with van der Waals surface area (Å²) in [5.41, 5.74) is 1.14. The van der Waals surface area contributed by atoms with Crippen LogP contribution in [0, 0.1) is 0 Å². The van der Waals surface area contributed by atoms with Crippen molar-refractivity contribution in [1.29, 1.82) is 0 Å². The zero-order chi connectivity index (χ0) is 26.4. The minimum Gasteiger partial charge on any atom is -0.493 e. The van der Waals surface area contributed by atoms with Crippen LogP contribution in [0.3, 0.4) is 0 Å². The number of methoxy groups -OCH3 is 2. The highest BCUT2D eigenvalue weighted by molar-refractivity contribution is 7.99. The summed E-state index contributed by atoms with van der Waals surface area (Å²) in [5, 5.41) is 11.0. The van der Waals surface area contributed by atoms with E-state index in [0.29, 0.717) is 42.0 Å². The number of carbonyl (C=O) groups excluding carboxylic acids is 1. The Morgan fingerprint density at radius 3 is 2.55 bits per heavy atom. The smallest absolute Gasteiger partial charge is 0.324 e. The van der Waals surface area contributed by atoms with E-state index in [1.54, 1.807) is 26.4 Å². The molecular weight excluding hydrogens is 530 g/mol. The molecule has 38 heavy (non-hydrogen) atoms. The van der Waals surface area contributed by atoms with Gasteiger partial charge in [0.2, 0.25) is 0 Å². The van der Waals surface area contributed by atoms with Gasteiger partial charge < -0.3 is 24.1 Å². The molecule has 0 bridgehead atoms. The highest BCUT2D eigenvalue weighted by Gasteiger charge is 2.20. The second-order valence-electron chi connectivity index (χ2n) is 9.08. The molecule has 2 amide bonds. The lowest BCUT2D eigenvalue weighted by Gasteiger charge is -2.13. The van der Waals surface area contributed by atoms with E-state index in [0.717, 1.165) is 20.8 Å². The lowest BCUT2D eigenvalue weighted by atomic mass is 9.93. The third-order valence-corrected chi connectivity index (χ3v) is 6.23. The first-order valence-electron chi connectivity index (χ1n) is 11.5. The van der Waals surface area contributed by atoms with E-state index in [4.69, 9.17) is 18.7 Å². The first kappa shape index (κ1) is 29.0. The van der Waals surface area contributed by atoms with Crippen LogP contribution in [0.15, 0.2) is 63.2 Å². The molecule has 0 radical (unpaired) electrons. The predicted molar refractivity (Wildman–Crippen MR) is 149 cm³/mol. The lowest BCUT2D eigenvalue weighted by molar-refractivity contribution is 0.144. The number of aromatic nitrogens is 3. The fraction of sp³-hybridized carbons (Fsp3) is 0.308. The van der Waals surface area contributed by atoms with Gasteiger partial charge in [0.15, 0.2) is 17.3 Å². The molecule has 2 heterocycles. The third kappa shape index (κ3) is 7.27. The standard InChI is InChI=1S/C26H29N5O5S.ClH/c1-26(2,3)22-14-23(31-36-22)30-25(32)29-16-7-6-8-17(11-16)37-24-18-12-20(34-5)21(35-10-9-33-4)13-19(18)27-15-28-24;/h6-8,11-15H,9-10H2,1-5H3,(H2,29,30,31,32);1H. The summed E-state index contributed by atoms with van der Waals surface area (Å²) in [4.78, 5) is 22.3. The van der Waals surface area contributed by atoms with Crippen LogP contribution in [-0.2, 0) is 10.2 Å². The van der Waals surface area contributed by atoms with E-state index in [2.05, 4.69) is 25.8 Å². The number of nitrogens with one attached hydrogen (secondary N) is 2. The molecule has 202 valence electrons. The van der Waals surface area contributed by atoms with Crippen LogP contribution in [0.1, 0.15) is 26.5 Å². The van der Waals surface area contributed by atoms with Gasteiger partial charge >= 0.3 is 6.03 Å². The normalized spacial score (nSPS) is 11.1. The minimum absolute atomic E-state index is 0. The molecule has 0 fully saturated rings. The Kier molecular flexibility index (Phi) is 9.78. The highest BCUT2D eigenvalue weighted by atomic mass is 35.5.